The van der Waals surface area contributed by atoms with Crippen molar-refractivity contribution in [1.29, 1.82) is 0 Å². The summed E-state index contributed by atoms with van der Waals surface area (Å²) < 4.78 is 49.6. The van der Waals surface area contributed by atoms with Gasteiger partial charge >= 0.3 is 12.1 Å². The average Bonchev–Trinajstić information content (AvgIpc) is 4.03. The van der Waals surface area contributed by atoms with Crippen LogP contribution in [0.15, 0.2) is 28.9 Å². The van der Waals surface area contributed by atoms with Crippen molar-refractivity contribution in [1.82, 2.24) is 35.2 Å². The first-order valence-electron chi connectivity index (χ1n) is 20.5. The van der Waals surface area contributed by atoms with Gasteiger partial charge in [0.1, 0.15) is 48.0 Å². The van der Waals surface area contributed by atoms with Gasteiger partial charge in [0.15, 0.2) is 17.5 Å². The molecule has 3 unspecified atom stereocenters. The Bertz CT molecular complexity index is 2230. The molecule has 15 nitrogen and oxygen atoms in total. The highest BCUT2D eigenvalue weighted by atomic mass is 35.5. The number of piperazine rings is 2. The third kappa shape index (κ3) is 7.50. The van der Waals surface area contributed by atoms with Crippen molar-refractivity contribution in [2.45, 2.75) is 82.0 Å². The van der Waals surface area contributed by atoms with E-state index in [1.165, 1.54) is 6.20 Å². The number of nitrogens with one attached hydrogen (secondary N) is 1. The van der Waals surface area contributed by atoms with E-state index >= 15 is 8.78 Å². The molecule has 314 valence electrons. The van der Waals surface area contributed by atoms with E-state index in [2.05, 4.69) is 30.2 Å². The Balaban J connectivity index is 0.879. The number of hydrogen-bond donors (Lipinski definition) is 2. The Morgan fingerprint density at radius 2 is 1.83 bits per heavy atom. The largest absolute Gasteiger partial charge is 0.508 e. The SMILES string of the molecule is CC(C)C(C=O)c1cc(N2CCN(C(=O)OC[C@@H]3CC[C@@]4(COc5nc(N6CC7CCC(C6)N7)c6cnc(-c7cc(O)cc(Cl)c7F)c(F)c6n5)CCCN34)CC2)no1. The van der Waals surface area contributed by atoms with Gasteiger partial charge in [-0.2, -0.15) is 9.97 Å². The van der Waals surface area contributed by atoms with Gasteiger partial charge in [0.25, 0.3) is 0 Å². The van der Waals surface area contributed by atoms with Gasteiger partial charge in [0, 0.05) is 81.3 Å². The number of phenols is 1. The number of nitrogens with zero attached hydrogens (tertiary/aromatic N) is 8. The molecule has 0 spiro atoms. The van der Waals surface area contributed by atoms with E-state index in [4.69, 9.17) is 30.6 Å². The third-order valence-electron chi connectivity index (χ3n) is 12.9. The number of anilines is 2. The molecule has 8 heterocycles. The van der Waals surface area contributed by atoms with Crippen molar-refractivity contribution >= 4 is 46.5 Å². The molecule has 5 fully saturated rings. The summed E-state index contributed by atoms with van der Waals surface area (Å²) in [7, 11) is 0. The van der Waals surface area contributed by atoms with Crippen LogP contribution in [-0.2, 0) is 9.53 Å². The monoisotopic (exact) mass is 835 g/mol. The average molecular weight is 836 g/mol. The van der Waals surface area contributed by atoms with Gasteiger partial charge in [0.05, 0.1) is 21.9 Å². The molecular weight excluding hydrogens is 788 g/mol. The Morgan fingerprint density at radius 1 is 1.05 bits per heavy atom. The van der Waals surface area contributed by atoms with E-state index in [0.717, 1.165) is 63.5 Å². The summed E-state index contributed by atoms with van der Waals surface area (Å²) in [4.78, 5) is 46.8. The number of aldehydes is 1. The molecule has 0 saturated carbocycles. The maximum absolute atomic E-state index is 16.5. The Labute approximate surface area is 345 Å². The fraction of sp³-hybridized carbons (Fsp3) is 0.561. The van der Waals surface area contributed by atoms with Gasteiger partial charge in [0.2, 0.25) is 0 Å². The number of amides is 1. The maximum Gasteiger partial charge on any atom is 0.409 e. The second-order valence-electron chi connectivity index (χ2n) is 16.9. The van der Waals surface area contributed by atoms with E-state index in [-0.39, 0.29) is 88.4 Å². The van der Waals surface area contributed by atoms with Crippen LogP contribution in [0, 0.1) is 17.6 Å². The van der Waals surface area contributed by atoms with Crippen molar-refractivity contribution < 1.29 is 37.5 Å². The van der Waals surface area contributed by atoms with Crippen LogP contribution in [0.3, 0.4) is 0 Å². The molecule has 18 heteroatoms. The van der Waals surface area contributed by atoms with Crippen molar-refractivity contribution in [3.63, 3.8) is 0 Å². The normalized spacial score (nSPS) is 24.9. The number of fused-ring (bicyclic) bond motifs is 4. The topological polar surface area (TPSA) is 163 Å². The number of pyridine rings is 1. The lowest BCUT2D eigenvalue weighted by molar-refractivity contribution is -0.110. The van der Waals surface area contributed by atoms with Crippen molar-refractivity contribution in [3.8, 4) is 23.0 Å². The van der Waals surface area contributed by atoms with E-state index in [0.29, 0.717) is 62.1 Å². The second kappa shape index (κ2) is 16.0. The lowest BCUT2D eigenvalue weighted by Gasteiger charge is -2.36. The van der Waals surface area contributed by atoms with Crippen LogP contribution in [0.25, 0.3) is 22.2 Å². The van der Waals surface area contributed by atoms with Gasteiger partial charge in [-0.15, -0.1) is 0 Å². The van der Waals surface area contributed by atoms with Crippen LogP contribution in [0.2, 0.25) is 5.02 Å². The number of phenolic OH excluding ortho intramolecular Hbond substituents is 1. The molecule has 59 heavy (non-hydrogen) atoms. The predicted octanol–water partition coefficient (Wildman–Crippen LogP) is 5.53. The fourth-order valence-electron chi connectivity index (χ4n) is 9.74. The van der Waals surface area contributed by atoms with Gasteiger partial charge in [-0.1, -0.05) is 30.6 Å². The smallest absolute Gasteiger partial charge is 0.409 e. The summed E-state index contributed by atoms with van der Waals surface area (Å²) in [5.74, 6) is -0.677. The van der Waals surface area contributed by atoms with E-state index in [1.54, 1.807) is 4.90 Å². The number of hydrogen-bond acceptors (Lipinski definition) is 14. The molecule has 5 atom stereocenters. The van der Waals surface area contributed by atoms with Gasteiger partial charge in [-0.05, 0) is 57.1 Å². The quantitative estimate of drug-likeness (QED) is 0.181. The summed E-state index contributed by atoms with van der Waals surface area (Å²) >= 11 is 6.01. The second-order valence-corrected chi connectivity index (χ2v) is 17.3. The van der Waals surface area contributed by atoms with Crippen LogP contribution in [-0.4, -0.2) is 130 Å². The molecule has 9 rings (SSSR count). The molecular formula is C41H48ClF2N9O6. The van der Waals surface area contributed by atoms with E-state index < -0.39 is 11.6 Å². The molecule has 1 amide bonds. The summed E-state index contributed by atoms with van der Waals surface area (Å²) in [6.07, 6.45) is 7.47. The van der Waals surface area contributed by atoms with E-state index in [1.807, 2.05) is 24.8 Å². The van der Waals surface area contributed by atoms with Crippen molar-refractivity contribution in [2.24, 2.45) is 5.92 Å². The summed E-state index contributed by atoms with van der Waals surface area (Å²) in [6, 6.07) is 4.49. The Morgan fingerprint density at radius 3 is 2.58 bits per heavy atom. The highest BCUT2D eigenvalue weighted by Gasteiger charge is 2.50. The first-order chi connectivity index (χ1) is 28.5. The Hall–Kier alpha value is -4.87. The number of benzene rings is 1. The highest BCUT2D eigenvalue weighted by molar-refractivity contribution is 6.31. The zero-order valence-corrected chi connectivity index (χ0v) is 33.8. The molecule has 0 aliphatic carbocycles. The van der Waals surface area contributed by atoms with Crippen molar-refractivity contribution in [2.75, 3.05) is 68.8 Å². The molecule has 4 aromatic rings. The minimum Gasteiger partial charge on any atom is -0.508 e. The van der Waals surface area contributed by atoms with Crippen LogP contribution in [0.1, 0.15) is 64.1 Å². The lowest BCUT2D eigenvalue weighted by Crippen LogP contribution is -2.51. The maximum atomic E-state index is 16.5. The predicted molar refractivity (Wildman–Crippen MR) is 214 cm³/mol. The highest BCUT2D eigenvalue weighted by Crippen LogP contribution is 2.43. The summed E-state index contributed by atoms with van der Waals surface area (Å²) in [6.45, 7) is 8.61. The summed E-state index contributed by atoms with van der Waals surface area (Å²) in [5.41, 5.74) is -1.03. The number of aromatic hydroxyl groups is 1. The molecule has 5 aliphatic heterocycles. The number of halogens is 3. The molecule has 2 N–H and O–H groups in total. The lowest BCUT2D eigenvalue weighted by atomic mass is 9.95. The standard InChI is InChI=1S/C41H48ClF2N9O6/c1-23(2)30(20-54)32-16-33(49-59-32)50-10-12-51(13-11-50)40(56)57-21-26-6-8-41(7-3-9-53(26)41)22-58-39-47-37-29(38(48-39)52-18-24-4-5-25(19-52)46-24)17-45-36(35(37)44)28-14-27(55)15-31(42)34(28)43/h14-17,20,23-26,30,46,55H,3-13,18-19,21-22H2,1-2H3/t24?,25?,26-,30?,41+/m0/s1. The fourth-order valence-corrected chi connectivity index (χ4v) is 9.95. The zero-order chi connectivity index (χ0) is 41.0. The molecule has 1 aromatic carbocycles. The zero-order valence-electron chi connectivity index (χ0n) is 33.1. The van der Waals surface area contributed by atoms with Crippen LogP contribution < -0.4 is 19.9 Å². The first kappa shape index (κ1) is 39.6. The van der Waals surface area contributed by atoms with Gasteiger partial charge < -0.3 is 43.9 Å². The third-order valence-corrected chi connectivity index (χ3v) is 13.2. The molecule has 2 bridgehead atoms. The molecule has 5 aliphatic rings. The number of rotatable bonds is 11. The summed E-state index contributed by atoms with van der Waals surface area (Å²) in [5, 5.41) is 18.0. The number of aromatic nitrogens is 4. The van der Waals surface area contributed by atoms with Crippen LogP contribution in [0.5, 0.6) is 11.8 Å². The minimum atomic E-state index is -0.905. The first-order valence-corrected chi connectivity index (χ1v) is 20.9. The molecule has 0 radical (unpaired) electrons. The van der Waals surface area contributed by atoms with E-state index in [9.17, 15) is 14.7 Å². The number of ether oxygens (including phenoxy) is 2. The van der Waals surface area contributed by atoms with Gasteiger partial charge in [-0.3, -0.25) is 9.88 Å². The minimum absolute atomic E-state index is 0.00408. The number of carbonyl (C=O) groups excluding carboxylic acids is 2. The molecule has 3 aromatic heterocycles. The Kier molecular flexibility index (Phi) is 10.7. The van der Waals surface area contributed by atoms with Crippen molar-refractivity contribution in [3.05, 3.63) is 46.8 Å². The van der Waals surface area contributed by atoms with Crippen LogP contribution >= 0.6 is 11.6 Å². The molecule has 5 saturated heterocycles. The number of carbonyl (C=O) groups is 2. The van der Waals surface area contributed by atoms with Gasteiger partial charge in [-0.25, -0.2) is 13.6 Å². The van der Waals surface area contributed by atoms with Crippen LogP contribution in [0.4, 0.5) is 25.2 Å².